The number of nitrogens with one attached hydrogen (secondary N) is 2. The number of hydrogen-bond acceptors (Lipinski definition) is 7. The summed E-state index contributed by atoms with van der Waals surface area (Å²) in [5, 5.41) is 0. The van der Waals surface area contributed by atoms with E-state index in [9.17, 15) is 8.42 Å². The molecule has 2 rings (SSSR count). The first-order valence-corrected chi connectivity index (χ1v) is 7.40. The van der Waals surface area contributed by atoms with E-state index in [0.717, 1.165) is 0 Å². The summed E-state index contributed by atoms with van der Waals surface area (Å²) in [6, 6.07) is 2.91. The lowest BCUT2D eigenvalue weighted by Gasteiger charge is -2.08. The smallest absolute Gasteiger partial charge is 0.244 e. The fraction of sp³-hybridized carbons (Fsp3) is 0.273. The molecule has 2 aromatic heterocycles. The molecule has 0 saturated carbocycles. The molecular formula is C11H15N5O3S. The number of anilines is 1. The van der Waals surface area contributed by atoms with Crippen molar-refractivity contribution in [3.05, 3.63) is 36.2 Å². The van der Waals surface area contributed by atoms with Gasteiger partial charge in [-0.15, -0.1) is 0 Å². The molecule has 0 aromatic carbocycles. The molecule has 2 aromatic rings. The van der Waals surface area contributed by atoms with Gasteiger partial charge < -0.3 is 9.84 Å². The number of hydrogen-bond donors (Lipinski definition) is 3. The molecule has 20 heavy (non-hydrogen) atoms. The van der Waals surface area contributed by atoms with Crippen molar-refractivity contribution in [1.29, 1.82) is 0 Å². The number of nitrogen functional groups attached to an aromatic ring is 1. The van der Waals surface area contributed by atoms with Crippen LogP contribution in [0.1, 0.15) is 18.6 Å². The van der Waals surface area contributed by atoms with E-state index >= 15 is 0 Å². The Balaban J connectivity index is 2.15. The van der Waals surface area contributed by atoms with E-state index in [1.807, 2.05) is 6.92 Å². The lowest BCUT2D eigenvalue weighted by molar-refractivity contribution is 0.452. The molecule has 2 heterocycles. The van der Waals surface area contributed by atoms with Crippen molar-refractivity contribution in [3.8, 4) is 0 Å². The Hall–Kier alpha value is -1.97. The molecule has 108 valence electrons. The Morgan fingerprint density at radius 1 is 1.40 bits per heavy atom. The maximum Gasteiger partial charge on any atom is 0.244 e. The summed E-state index contributed by atoms with van der Waals surface area (Å²) in [5.41, 5.74) is 2.24. The maximum atomic E-state index is 12.1. The molecule has 0 aliphatic carbocycles. The second-order valence-electron chi connectivity index (χ2n) is 3.89. The van der Waals surface area contributed by atoms with Crippen molar-refractivity contribution in [3.63, 3.8) is 0 Å². The van der Waals surface area contributed by atoms with Gasteiger partial charge in [0.1, 0.15) is 10.7 Å². The summed E-state index contributed by atoms with van der Waals surface area (Å²) in [6.45, 7) is 1.88. The zero-order valence-electron chi connectivity index (χ0n) is 10.8. The van der Waals surface area contributed by atoms with Gasteiger partial charge in [-0.3, -0.25) is 0 Å². The molecule has 0 radical (unpaired) electrons. The third-order valence-corrected chi connectivity index (χ3v) is 3.99. The van der Waals surface area contributed by atoms with Gasteiger partial charge >= 0.3 is 0 Å². The number of aromatic nitrogens is 2. The van der Waals surface area contributed by atoms with E-state index in [2.05, 4.69) is 20.1 Å². The topological polar surface area (TPSA) is 123 Å². The minimum atomic E-state index is -3.75. The molecule has 0 amide bonds. The van der Waals surface area contributed by atoms with Crippen LogP contribution in [0.4, 0.5) is 5.82 Å². The Labute approximate surface area is 116 Å². The van der Waals surface area contributed by atoms with E-state index < -0.39 is 10.0 Å². The fourth-order valence-electron chi connectivity index (χ4n) is 1.54. The Morgan fingerprint density at radius 3 is 2.85 bits per heavy atom. The Kier molecular flexibility index (Phi) is 4.32. The lowest BCUT2D eigenvalue weighted by Crippen LogP contribution is -2.25. The lowest BCUT2D eigenvalue weighted by atomic mass is 10.4. The first-order valence-electron chi connectivity index (χ1n) is 5.91. The van der Waals surface area contributed by atoms with Crippen LogP contribution in [0.2, 0.25) is 0 Å². The predicted octanol–water partition coefficient (Wildman–Crippen LogP) is 0.396. The third-order valence-electron chi connectivity index (χ3n) is 2.56. The quantitative estimate of drug-likeness (QED) is 0.520. The SMILES string of the molecule is CCc1cnc(CNS(=O)(=O)c2cccnc2NN)o1. The van der Waals surface area contributed by atoms with Crippen LogP contribution in [0.15, 0.2) is 33.8 Å². The summed E-state index contributed by atoms with van der Waals surface area (Å²) in [6.07, 6.45) is 3.71. The second-order valence-corrected chi connectivity index (χ2v) is 5.63. The summed E-state index contributed by atoms with van der Waals surface area (Å²) in [5.74, 6) is 6.31. The summed E-state index contributed by atoms with van der Waals surface area (Å²) < 4.78 is 32.0. The number of pyridine rings is 1. The molecule has 9 heteroatoms. The van der Waals surface area contributed by atoms with Crippen molar-refractivity contribution in [1.82, 2.24) is 14.7 Å². The Morgan fingerprint density at radius 2 is 2.20 bits per heavy atom. The highest BCUT2D eigenvalue weighted by molar-refractivity contribution is 7.89. The van der Waals surface area contributed by atoms with Crippen LogP contribution in [0.3, 0.4) is 0 Å². The third kappa shape index (κ3) is 3.13. The van der Waals surface area contributed by atoms with E-state index in [1.54, 1.807) is 6.20 Å². The maximum absolute atomic E-state index is 12.1. The van der Waals surface area contributed by atoms with Crippen molar-refractivity contribution < 1.29 is 12.8 Å². The molecule has 0 atom stereocenters. The molecule has 0 aliphatic heterocycles. The number of nitrogens with two attached hydrogens (primary N) is 1. The molecule has 0 bridgehead atoms. The van der Waals surface area contributed by atoms with Crippen LogP contribution in [0.5, 0.6) is 0 Å². The highest BCUT2D eigenvalue weighted by Crippen LogP contribution is 2.17. The molecule has 0 spiro atoms. The van der Waals surface area contributed by atoms with Crippen LogP contribution in [-0.4, -0.2) is 18.4 Å². The van der Waals surface area contributed by atoms with Gasteiger partial charge in [-0.1, -0.05) is 6.92 Å². The predicted molar refractivity (Wildman–Crippen MR) is 72.0 cm³/mol. The standard InChI is InChI=1S/C11H15N5O3S/c1-2-8-6-14-10(19-8)7-15-20(17,18)9-4-3-5-13-11(9)16-12/h3-6,15H,2,7,12H2,1H3,(H,13,16). The normalized spacial score (nSPS) is 11.5. The van der Waals surface area contributed by atoms with Crippen LogP contribution in [0.25, 0.3) is 0 Å². The number of rotatable bonds is 6. The molecule has 0 unspecified atom stereocenters. The van der Waals surface area contributed by atoms with Gasteiger partial charge in [0.05, 0.1) is 12.7 Å². The van der Waals surface area contributed by atoms with Gasteiger partial charge in [-0.05, 0) is 12.1 Å². The summed E-state index contributed by atoms with van der Waals surface area (Å²) in [7, 11) is -3.75. The highest BCUT2D eigenvalue weighted by atomic mass is 32.2. The van der Waals surface area contributed by atoms with E-state index in [0.29, 0.717) is 18.1 Å². The van der Waals surface area contributed by atoms with E-state index in [1.165, 1.54) is 18.3 Å². The minimum absolute atomic E-state index is 0.0372. The monoisotopic (exact) mass is 297 g/mol. The minimum Gasteiger partial charge on any atom is -0.444 e. The largest absolute Gasteiger partial charge is 0.444 e. The summed E-state index contributed by atoms with van der Waals surface area (Å²) in [4.78, 5) is 7.78. The average molecular weight is 297 g/mol. The number of oxazole rings is 1. The number of aryl methyl sites for hydroxylation is 1. The zero-order valence-corrected chi connectivity index (χ0v) is 11.6. The number of sulfonamides is 1. The van der Waals surface area contributed by atoms with Gasteiger partial charge in [-0.25, -0.2) is 29.0 Å². The van der Waals surface area contributed by atoms with Crippen LogP contribution in [-0.2, 0) is 23.0 Å². The van der Waals surface area contributed by atoms with Crippen LogP contribution in [0, 0.1) is 0 Å². The fourth-order valence-corrected chi connectivity index (χ4v) is 2.64. The highest BCUT2D eigenvalue weighted by Gasteiger charge is 2.19. The average Bonchev–Trinajstić information content (AvgIpc) is 2.93. The van der Waals surface area contributed by atoms with Crippen molar-refractivity contribution in [2.45, 2.75) is 24.8 Å². The zero-order chi connectivity index (χ0) is 14.6. The molecule has 8 nitrogen and oxygen atoms in total. The van der Waals surface area contributed by atoms with Gasteiger partial charge in [0.15, 0.2) is 5.82 Å². The summed E-state index contributed by atoms with van der Waals surface area (Å²) >= 11 is 0. The van der Waals surface area contributed by atoms with E-state index in [4.69, 9.17) is 10.3 Å². The first kappa shape index (κ1) is 14.4. The molecular weight excluding hydrogens is 282 g/mol. The van der Waals surface area contributed by atoms with Gasteiger partial charge in [0, 0.05) is 12.6 Å². The molecule has 0 fully saturated rings. The van der Waals surface area contributed by atoms with Crippen molar-refractivity contribution >= 4 is 15.8 Å². The number of hydrazine groups is 1. The molecule has 0 saturated heterocycles. The molecule has 0 aliphatic rings. The number of nitrogens with zero attached hydrogens (tertiary/aromatic N) is 2. The van der Waals surface area contributed by atoms with Gasteiger partial charge in [0.2, 0.25) is 15.9 Å². The van der Waals surface area contributed by atoms with Crippen LogP contribution >= 0.6 is 0 Å². The van der Waals surface area contributed by atoms with E-state index in [-0.39, 0.29) is 17.3 Å². The van der Waals surface area contributed by atoms with Crippen molar-refractivity contribution in [2.75, 3.05) is 5.43 Å². The Bertz CT molecular complexity index is 683. The first-order chi connectivity index (χ1) is 9.56. The van der Waals surface area contributed by atoms with Gasteiger partial charge in [-0.2, -0.15) is 0 Å². The second kappa shape index (κ2) is 5.99. The van der Waals surface area contributed by atoms with Crippen LogP contribution < -0.4 is 16.0 Å². The van der Waals surface area contributed by atoms with Gasteiger partial charge in [0.25, 0.3) is 0 Å². The molecule has 4 N–H and O–H groups in total. The van der Waals surface area contributed by atoms with Crippen molar-refractivity contribution in [2.24, 2.45) is 5.84 Å².